The molecule has 384 valence electrons. The molecule has 7 rings (SSSR count). The molecular formula is C38H31N9O20S6. The van der Waals surface area contributed by atoms with Gasteiger partial charge in [0.15, 0.2) is 11.4 Å². The number of azo groups is 3. The van der Waals surface area contributed by atoms with Gasteiger partial charge in [0, 0.05) is 16.8 Å². The zero-order chi connectivity index (χ0) is 53.7. The van der Waals surface area contributed by atoms with Gasteiger partial charge in [-0.2, -0.15) is 51.9 Å². The fourth-order valence-electron chi connectivity index (χ4n) is 6.64. The number of aromatic nitrogens is 3. The highest BCUT2D eigenvalue weighted by molar-refractivity contribution is 7.87. The van der Waals surface area contributed by atoms with Gasteiger partial charge in [0.25, 0.3) is 50.6 Å². The molecule has 0 saturated carbocycles. The molecule has 0 radical (unpaired) electrons. The summed E-state index contributed by atoms with van der Waals surface area (Å²) in [6.45, 7) is 2.64. The van der Waals surface area contributed by atoms with Gasteiger partial charge in [0.05, 0.1) is 43.7 Å². The Morgan fingerprint density at radius 2 is 1.29 bits per heavy atom. The van der Waals surface area contributed by atoms with Gasteiger partial charge in [-0.3, -0.25) is 22.8 Å². The molecule has 0 unspecified atom stereocenters. The Morgan fingerprint density at radius 1 is 0.658 bits per heavy atom. The highest BCUT2D eigenvalue weighted by Gasteiger charge is 2.30. The van der Waals surface area contributed by atoms with Crippen LogP contribution in [0.1, 0.15) is 28.0 Å². The second-order valence-corrected chi connectivity index (χ2v) is 23.2. The average Bonchev–Trinajstić information content (AvgIpc) is 3.85. The van der Waals surface area contributed by atoms with E-state index in [1.165, 1.54) is 31.2 Å². The Kier molecular flexibility index (Phi) is 14.4. The Bertz CT molecular complexity index is 4140. The summed E-state index contributed by atoms with van der Waals surface area (Å²) in [5.41, 5.74) is -3.20. The van der Waals surface area contributed by atoms with Crippen molar-refractivity contribution in [1.82, 2.24) is 14.8 Å². The van der Waals surface area contributed by atoms with Crippen LogP contribution in [0, 0.1) is 13.8 Å². The van der Waals surface area contributed by atoms with Crippen LogP contribution in [0.2, 0.25) is 0 Å². The number of hydrogen-bond donors (Lipinski definition) is 8. The number of aryl methyl sites for hydroxylation is 2. The molecule has 8 N–H and O–H groups in total. The molecule has 35 heteroatoms. The molecule has 0 aliphatic heterocycles. The van der Waals surface area contributed by atoms with Crippen molar-refractivity contribution in [3.63, 3.8) is 0 Å². The second kappa shape index (κ2) is 19.6. The third-order valence-corrected chi connectivity index (χ3v) is 15.1. The zero-order valence-corrected chi connectivity index (χ0v) is 41.3. The largest absolute Gasteiger partial charge is 0.505 e. The number of benzene rings is 5. The third-order valence-electron chi connectivity index (χ3n) is 9.90. The van der Waals surface area contributed by atoms with Gasteiger partial charge < -0.3 is 20.1 Å². The quantitative estimate of drug-likeness (QED) is 0.0253. The predicted octanol–water partition coefficient (Wildman–Crippen LogP) is 7.25. The van der Waals surface area contributed by atoms with Gasteiger partial charge in [-0.1, -0.05) is 11.3 Å². The van der Waals surface area contributed by atoms with E-state index in [2.05, 4.69) is 40.8 Å². The minimum absolute atomic E-state index is 0.0339. The molecule has 7 aromatic rings. The number of carboxylic acid groups (broad SMARTS) is 1. The van der Waals surface area contributed by atoms with Crippen molar-refractivity contribution in [3.05, 3.63) is 83.6 Å². The molecule has 0 amide bonds. The number of phenols is 1. The van der Waals surface area contributed by atoms with Crippen molar-refractivity contribution in [2.45, 2.75) is 39.9 Å². The lowest BCUT2D eigenvalue weighted by Crippen LogP contribution is -2.08. The molecule has 0 bridgehead atoms. The highest BCUT2D eigenvalue weighted by atomic mass is 32.2. The summed E-state index contributed by atoms with van der Waals surface area (Å²) in [4.78, 5) is 12.9. The number of nitrogens with zero attached hydrogens (tertiary/aromatic N) is 9. The number of phenolic OH excluding ortho intramolecular Hbond substituents is 1. The summed E-state index contributed by atoms with van der Waals surface area (Å²) < 4.78 is 176. The molecule has 2 aromatic heterocycles. The molecule has 0 spiro atoms. The van der Waals surface area contributed by atoms with E-state index >= 15 is 0 Å². The van der Waals surface area contributed by atoms with Crippen molar-refractivity contribution in [2.24, 2.45) is 30.7 Å². The van der Waals surface area contributed by atoms with Gasteiger partial charge >= 0.3 is 5.97 Å². The smallest absolute Gasteiger partial charge is 0.358 e. The van der Waals surface area contributed by atoms with Crippen LogP contribution in [0.5, 0.6) is 17.4 Å². The summed E-state index contributed by atoms with van der Waals surface area (Å²) in [5.74, 6) is -5.04. The van der Waals surface area contributed by atoms with E-state index in [0.717, 1.165) is 47.7 Å². The van der Waals surface area contributed by atoms with Crippen LogP contribution in [0.15, 0.2) is 117 Å². The number of ether oxygens (including phenoxy) is 1. The van der Waals surface area contributed by atoms with Crippen LogP contribution < -0.4 is 4.74 Å². The fraction of sp³-hybridized carbons (Fsp3) is 0.132. The standard InChI is InChI=1S/C38H31N9O20S6/c1-17-13-26(27(67-10-3-11-69(52,53)54)16-25(17)41-45-38-39-30-18(2)12-21(71(58,59)60)14-28(30)68-38)42-43-31-29(72(61,62)63)15-23-22(34(31)48)8-9-24(35(23)73(64,65)66)40-44-32-33(37(50)51)46-47(36(32)49)19-4-6-20(7-5-19)70(55,56)57/h4-9,12-16,48-49H,3,10-11H2,1-2H3,(H,50,51)(H,52,53,54)(H,55,56,57)(H,58,59,60)(H,61,62,63)(H,64,65,66). The molecule has 0 aliphatic rings. The first-order chi connectivity index (χ1) is 33.8. The maximum absolute atomic E-state index is 13.0. The van der Waals surface area contributed by atoms with E-state index in [9.17, 15) is 85.0 Å². The number of aromatic carboxylic acids is 1. The van der Waals surface area contributed by atoms with Crippen molar-refractivity contribution in [1.29, 1.82) is 0 Å². The monoisotopic (exact) mass is 1130 g/mol. The number of carbonyl (C=O) groups is 1. The molecule has 0 saturated heterocycles. The van der Waals surface area contributed by atoms with Crippen LogP contribution in [-0.2, 0) is 50.6 Å². The predicted molar refractivity (Wildman–Crippen MR) is 252 cm³/mol. The van der Waals surface area contributed by atoms with Gasteiger partial charge in [0.1, 0.15) is 32.6 Å². The molecule has 29 nitrogen and oxygen atoms in total. The van der Waals surface area contributed by atoms with E-state index in [-0.39, 0.29) is 44.8 Å². The SMILES string of the molecule is Cc1cc(N=Nc2c(S(=O)(=O)O)cc3c(S(=O)(=O)O)c(N=Nc4c(C(=O)O)nn(-c5ccc(S(=O)(=O)O)cc5)c4O)ccc3c2O)c(OCCCS(=O)(=O)O)cc1N=Nc1nc2c(C)cc(S(=O)(=O)O)cc2s1. The maximum Gasteiger partial charge on any atom is 0.358 e. The molecule has 0 fully saturated rings. The number of thiazole rings is 1. The number of hydrogen-bond acceptors (Lipinski definition) is 23. The highest BCUT2D eigenvalue weighted by Crippen LogP contribution is 2.47. The molecular weight excluding hydrogens is 1090 g/mol. The summed E-state index contributed by atoms with van der Waals surface area (Å²) >= 11 is 0.918. The lowest BCUT2D eigenvalue weighted by atomic mass is 10.1. The van der Waals surface area contributed by atoms with Crippen LogP contribution >= 0.6 is 11.3 Å². The van der Waals surface area contributed by atoms with Gasteiger partial charge in [0.2, 0.25) is 16.7 Å². The van der Waals surface area contributed by atoms with Gasteiger partial charge in [-0.25, -0.2) is 9.78 Å². The summed E-state index contributed by atoms with van der Waals surface area (Å²) in [6.07, 6.45) is -0.283. The minimum atomic E-state index is -5.56. The average molecular weight is 1130 g/mol. The summed E-state index contributed by atoms with van der Waals surface area (Å²) in [7, 11) is -24.8. The van der Waals surface area contributed by atoms with Crippen molar-refractivity contribution in [2.75, 3.05) is 12.4 Å². The van der Waals surface area contributed by atoms with Crippen molar-refractivity contribution >= 4 is 122 Å². The molecule has 2 heterocycles. The van der Waals surface area contributed by atoms with Crippen molar-refractivity contribution in [3.8, 4) is 23.1 Å². The number of carboxylic acids is 1. The Balaban J connectivity index is 1.31. The Labute approximate surface area is 414 Å². The van der Waals surface area contributed by atoms with Gasteiger partial charge in [-0.15, -0.1) is 30.7 Å². The van der Waals surface area contributed by atoms with Crippen LogP contribution in [0.3, 0.4) is 0 Å². The third kappa shape index (κ3) is 11.8. The molecule has 5 aromatic carbocycles. The van der Waals surface area contributed by atoms with E-state index in [4.69, 9.17) is 4.74 Å². The first-order valence-corrected chi connectivity index (χ1v) is 27.8. The van der Waals surface area contributed by atoms with Gasteiger partial charge in [-0.05, 0) is 92.1 Å². The van der Waals surface area contributed by atoms with E-state index in [0.29, 0.717) is 26.5 Å². The fourth-order valence-corrected chi connectivity index (χ4v) is 10.6. The van der Waals surface area contributed by atoms with E-state index < -0.39 is 129 Å². The van der Waals surface area contributed by atoms with Crippen LogP contribution in [0.25, 0.3) is 26.7 Å². The Morgan fingerprint density at radius 3 is 1.89 bits per heavy atom. The number of aromatic hydroxyl groups is 2. The zero-order valence-electron chi connectivity index (χ0n) is 36.4. The first-order valence-electron chi connectivity index (χ1n) is 19.6. The summed E-state index contributed by atoms with van der Waals surface area (Å²) in [5, 5.41) is 57.9. The molecule has 73 heavy (non-hydrogen) atoms. The normalized spacial score (nSPS) is 13.1. The first kappa shape index (κ1) is 53.5. The number of fused-ring (bicyclic) bond motifs is 2. The molecule has 0 atom stereocenters. The number of rotatable bonds is 17. The lowest BCUT2D eigenvalue weighted by Gasteiger charge is -2.13. The summed E-state index contributed by atoms with van der Waals surface area (Å²) in [6, 6.07) is 10.8. The van der Waals surface area contributed by atoms with Crippen molar-refractivity contribution < 1.29 is 89.7 Å². The van der Waals surface area contributed by atoms with Crippen LogP contribution in [-0.4, -0.2) is 113 Å². The minimum Gasteiger partial charge on any atom is -0.505 e. The second-order valence-electron chi connectivity index (χ2n) is 15.0. The molecule has 0 aliphatic carbocycles. The van der Waals surface area contributed by atoms with E-state index in [1.807, 2.05) is 0 Å². The van der Waals surface area contributed by atoms with Crippen LogP contribution in [0.4, 0.5) is 33.6 Å². The lowest BCUT2D eigenvalue weighted by molar-refractivity contribution is 0.0690. The Hall–Kier alpha value is -7.32. The topological polar surface area (TPSA) is 464 Å². The maximum atomic E-state index is 13.0. The van der Waals surface area contributed by atoms with E-state index in [1.54, 1.807) is 6.92 Å².